The second-order valence-electron chi connectivity index (χ2n) is 10.3. The van der Waals surface area contributed by atoms with E-state index in [9.17, 15) is 22.4 Å². The normalized spacial score (nSPS) is 19.0. The molecule has 1 amide bonds. The molecule has 2 aliphatic rings. The first-order valence-corrected chi connectivity index (χ1v) is 12.9. The molecule has 3 aromatic rings. The molecule has 0 bridgehead atoms. The smallest absolute Gasteiger partial charge is 0.398 e. The zero-order valence-corrected chi connectivity index (χ0v) is 22.0. The van der Waals surface area contributed by atoms with Crippen LogP contribution in [-0.2, 0) is 5.41 Å². The number of carbonyl (C=O) groups excluding carboxylic acids is 1. The third kappa shape index (κ3) is 5.56. The molecule has 0 radical (unpaired) electrons. The average molecular weight is 560 g/mol. The van der Waals surface area contributed by atoms with Crippen molar-refractivity contribution < 1.29 is 36.6 Å². The molecule has 11 heteroatoms. The lowest BCUT2D eigenvalue weighted by atomic mass is 9.83. The zero-order chi connectivity index (χ0) is 28.7. The highest BCUT2D eigenvalue weighted by atomic mass is 19.4. The lowest BCUT2D eigenvalue weighted by Gasteiger charge is -2.24. The van der Waals surface area contributed by atoms with Crippen molar-refractivity contribution >= 4 is 5.91 Å². The maximum absolute atomic E-state index is 14.4. The molecule has 1 saturated carbocycles. The van der Waals surface area contributed by atoms with E-state index in [-0.39, 0.29) is 36.2 Å². The number of methoxy groups -OCH3 is 1. The van der Waals surface area contributed by atoms with Gasteiger partial charge in [0.15, 0.2) is 11.5 Å². The molecule has 1 fully saturated rings. The minimum atomic E-state index is -4.74. The summed E-state index contributed by atoms with van der Waals surface area (Å²) < 4.78 is 73.8. The summed E-state index contributed by atoms with van der Waals surface area (Å²) in [4.78, 5) is 17.2. The van der Waals surface area contributed by atoms with E-state index in [1.54, 1.807) is 13.0 Å². The number of benzene rings is 2. The van der Waals surface area contributed by atoms with Crippen molar-refractivity contribution in [2.75, 3.05) is 26.8 Å². The Balaban J connectivity index is 1.46. The first kappa shape index (κ1) is 27.7. The quantitative estimate of drug-likeness (QED) is 0.354. The van der Waals surface area contributed by atoms with Crippen molar-refractivity contribution in [1.82, 2.24) is 10.3 Å². The molecule has 0 saturated heterocycles. The first-order chi connectivity index (χ1) is 19.0. The fourth-order valence-electron chi connectivity index (χ4n) is 4.56. The highest BCUT2D eigenvalue weighted by molar-refractivity contribution is 5.95. The van der Waals surface area contributed by atoms with Crippen molar-refractivity contribution in [2.45, 2.75) is 43.4 Å². The van der Waals surface area contributed by atoms with Crippen LogP contribution in [0.4, 0.5) is 17.6 Å². The van der Waals surface area contributed by atoms with Crippen LogP contribution in [0, 0.1) is 5.82 Å². The highest BCUT2D eigenvalue weighted by Crippen LogP contribution is 2.46. The van der Waals surface area contributed by atoms with Gasteiger partial charge < -0.3 is 25.3 Å². The number of pyridine rings is 1. The molecule has 2 unspecified atom stereocenters. The Morgan fingerprint density at radius 3 is 2.52 bits per heavy atom. The van der Waals surface area contributed by atoms with Gasteiger partial charge in [0.05, 0.1) is 25.5 Å². The zero-order valence-electron chi connectivity index (χ0n) is 22.0. The van der Waals surface area contributed by atoms with E-state index < -0.39 is 35.8 Å². The molecule has 1 aliphatic carbocycles. The molecule has 1 aromatic heterocycles. The fraction of sp³-hybridized carbons (Fsp3) is 0.379. The minimum absolute atomic E-state index is 0.104. The molecule has 5 rings (SSSR count). The standard InChI is InChI=1S/C29H29F4N3O4/c1-28(14-34)15-39-26-20(28)12-22(36-25(26)16-3-6-18(30)7-4-16)21(29(31,32)33)13-35-27(37)17-5-10-23(24(11-17)38-2)40-19-8-9-19/h3-7,10-12,19,21H,8-9,13-15,34H2,1-2H3,(H,35,37). The van der Waals surface area contributed by atoms with Gasteiger partial charge in [0.1, 0.15) is 23.2 Å². The van der Waals surface area contributed by atoms with Gasteiger partial charge in [-0.3, -0.25) is 4.79 Å². The molecule has 212 valence electrons. The molecule has 7 nitrogen and oxygen atoms in total. The van der Waals surface area contributed by atoms with E-state index in [4.69, 9.17) is 19.9 Å². The largest absolute Gasteiger partial charge is 0.493 e. The molecule has 3 N–H and O–H groups in total. The van der Waals surface area contributed by atoms with Crippen LogP contribution in [-0.4, -0.2) is 50.0 Å². The maximum atomic E-state index is 14.4. The average Bonchev–Trinajstić information content (AvgIpc) is 3.69. The van der Waals surface area contributed by atoms with Crippen molar-refractivity contribution in [3.05, 3.63) is 71.2 Å². The summed E-state index contributed by atoms with van der Waals surface area (Å²) in [6.07, 6.45) is -2.78. The number of fused-ring (bicyclic) bond motifs is 1. The van der Waals surface area contributed by atoms with E-state index >= 15 is 0 Å². The summed E-state index contributed by atoms with van der Waals surface area (Å²) in [6.45, 7) is 1.32. The molecule has 40 heavy (non-hydrogen) atoms. The van der Waals surface area contributed by atoms with Crippen LogP contribution in [0.2, 0.25) is 0 Å². The Kier molecular flexibility index (Phi) is 7.34. The van der Waals surface area contributed by atoms with Gasteiger partial charge >= 0.3 is 6.18 Å². The van der Waals surface area contributed by atoms with Crippen LogP contribution >= 0.6 is 0 Å². The Morgan fingerprint density at radius 2 is 1.90 bits per heavy atom. The number of nitrogens with zero attached hydrogens (tertiary/aromatic N) is 1. The van der Waals surface area contributed by atoms with Gasteiger partial charge in [0, 0.05) is 35.2 Å². The number of halogens is 4. The van der Waals surface area contributed by atoms with E-state index in [0.717, 1.165) is 12.8 Å². The third-order valence-electron chi connectivity index (χ3n) is 7.21. The van der Waals surface area contributed by atoms with Crippen LogP contribution < -0.4 is 25.3 Å². The summed E-state index contributed by atoms with van der Waals surface area (Å²) in [5.41, 5.74) is 6.09. The lowest BCUT2D eigenvalue weighted by molar-refractivity contribution is -0.149. The number of amides is 1. The Morgan fingerprint density at radius 1 is 1.18 bits per heavy atom. The number of rotatable bonds is 9. The summed E-state index contributed by atoms with van der Waals surface area (Å²) >= 11 is 0. The molecular formula is C29H29F4N3O4. The van der Waals surface area contributed by atoms with E-state index in [1.165, 1.54) is 49.6 Å². The Hall–Kier alpha value is -3.86. The highest BCUT2D eigenvalue weighted by Gasteiger charge is 2.45. The number of hydrogen-bond donors (Lipinski definition) is 2. The molecule has 1 aliphatic heterocycles. The number of nitrogens with one attached hydrogen (secondary N) is 1. The fourth-order valence-corrected chi connectivity index (χ4v) is 4.56. The molecular weight excluding hydrogens is 530 g/mol. The monoisotopic (exact) mass is 559 g/mol. The molecule has 0 spiro atoms. The number of hydrogen-bond acceptors (Lipinski definition) is 6. The van der Waals surface area contributed by atoms with E-state index in [1.807, 2.05) is 0 Å². The molecule has 2 aromatic carbocycles. The van der Waals surface area contributed by atoms with Gasteiger partial charge in [-0.2, -0.15) is 13.2 Å². The van der Waals surface area contributed by atoms with Crippen LogP contribution in [0.3, 0.4) is 0 Å². The molecule has 2 atom stereocenters. The van der Waals surface area contributed by atoms with Gasteiger partial charge in [-0.05, 0) is 61.4 Å². The van der Waals surface area contributed by atoms with Gasteiger partial charge in [0.25, 0.3) is 5.91 Å². The van der Waals surface area contributed by atoms with Gasteiger partial charge in [-0.1, -0.05) is 6.92 Å². The van der Waals surface area contributed by atoms with E-state index in [2.05, 4.69) is 10.3 Å². The first-order valence-electron chi connectivity index (χ1n) is 12.9. The van der Waals surface area contributed by atoms with E-state index in [0.29, 0.717) is 28.4 Å². The summed E-state index contributed by atoms with van der Waals surface area (Å²) in [5.74, 6) is -2.24. The maximum Gasteiger partial charge on any atom is 0.398 e. The number of ether oxygens (including phenoxy) is 3. The number of aromatic nitrogens is 1. The van der Waals surface area contributed by atoms with Crippen LogP contribution in [0.5, 0.6) is 17.2 Å². The predicted molar refractivity (Wildman–Crippen MR) is 139 cm³/mol. The van der Waals surface area contributed by atoms with Gasteiger partial charge in [0.2, 0.25) is 0 Å². The van der Waals surface area contributed by atoms with Crippen molar-refractivity contribution in [2.24, 2.45) is 5.73 Å². The topological polar surface area (TPSA) is 95.7 Å². The van der Waals surface area contributed by atoms with Crippen molar-refractivity contribution in [3.63, 3.8) is 0 Å². The van der Waals surface area contributed by atoms with Gasteiger partial charge in [-0.25, -0.2) is 9.37 Å². The predicted octanol–water partition coefficient (Wildman–Crippen LogP) is 5.12. The molecule has 2 heterocycles. The Labute approximate surface area is 228 Å². The summed E-state index contributed by atoms with van der Waals surface area (Å²) in [7, 11) is 1.42. The van der Waals surface area contributed by atoms with Crippen molar-refractivity contribution in [1.29, 1.82) is 0 Å². The number of carbonyl (C=O) groups is 1. The van der Waals surface area contributed by atoms with Crippen LogP contribution in [0.25, 0.3) is 11.3 Å². The van der Waals surface area contributed by atoms with Gasteiger partial charge in [-0.15, -0.1) is 0 Å². The Bertz CT molecular complexity index is 1410. The van der Waals surface area contributed by atoms with Crippen molar-refractivity contribution in [3.8, 4) is 28.5 Å². The summed E-state index contributed by atoms with van der Waals surface area (Å²) in [5, 5.41) is 2.40. The van der Waals surface area contributed by atoms with Crippen LogP contribution in [0.15, 0.2) is 48.5 Å². The number of alkyl halides is 3. The SMILES string of the molecule is COc1cc(C(=O)NCC(c2cc3c(c(-c4ccc(F)cc4)n2)OCC3(C)CN)C(F)(F)F)ccc1OC1CC1. The summed E-state index contributed by atoms with van der Waals surface area (Å²) in [6, 6.07) is 11.1. The third-order valence-corrected chi connectivity index (χ3v) is 7.21. The second-order valence-corrected chi connectivity index (χ2v) is 10.3. The lowest BCUT2D eigenvalue weighted by Crippen LogP contribution is -2.36. The minimum Gasteiger partial charge on any atom is -0.493 e. The second kappa shape index (κ2) is 10.6. The number of nitrogens with two attached hydrogens (primary N) is 1. The van der Waals surface area contributed by atoms with Crippen LogP contribution in [0.1, 0.15) is 47.3 Å².